The molecule has 0 radical (unpaired) electrons. The fraction of sp³-hybridized carbons (Fsp3) is 0.857. The van der Waals surface area contributed by atoms with Crippen molar-refractivity contribution >= 4 is 22.5 Å². The van der Waals surface area contributed by atoms with Crippen molar-refractivity contribution in [3.8, 4) is 0 Å². The van der Waals surface area contributed by atoms with Gasteiger partial charge in [0.25, 0.3) is 0 Å². The zero-order chi connectivity index (χ0) is 16.6. The zero-order valence-corrected chi connectivity index (χ0v) is 16.6. The Hall–Kier alpha value is 0.210. The SMILES string of the molecule is CCCCCCCCCCCC(=O)CC=O.O=S(=O)([O-])O.[Na+]. The Morgan fingerprint density at radius 2 is 1.36 bits per heavy atom. The number of carbonyl (C=O) groups excluding carboxylic acids is 2. The molecule has 126 valence electrons. The minimum atomic E-state index is -4.92. The first kappa shape index (κ1) is 27.1. The standard InChI is InChI=1S/C14H26O2.Na.H2O4S/c1-2-3-4-5-6-7-8-9-10-11-14(16)12-13-15;;1-5(2,3)4/h13H,2-12H2,1H3;;(H2,1,2,3,4)/q;+1;/p-1. The summed E-state index contributed by atoms with van der Waals surface area (Å²) in [5.41, 5.74) is 0. The second kappa shape index (κ2) is 19.3. The largest absolute Gasteiger partial charge is 1.00 e. The predicted octanol–water partition coefficient (Wildman–Crippen LogP) is 0.0740. The number of Topliss-reactive ketones (excluding diaryl/α,β-unsaturated/α-hetero) is 1. The first-order valence-electron chi connectivity index (χ1n) is 7.44. The van der Waals surface area contributed by atoms with Gasteiger partial charge >= 0.3 is 29.6 Å². The van der Waals surface area contributed by atoms with E-state index in [2.05, 4.69) is 6.92 Å². The first-order valence-corrected chi connectivity index (χ1v) is 8.81. The number of ketones is 1. The molecule has 0 rings (SSSR count). The third-order valence-electron chi connectivity index (χ3n) is 2.87. The van der Waals surface area contributed by atoms with Gasteiger partial charge in [-0.2, -0.15) is 0 Å². The van der Waals surface area contributed by atoms with Crippen LogP contribution in [0.1, 0.15) is 77.6 Å². The van der Waals surface area contributed by atoms with Crippen molar-refractivity contribution in [2.24, 2.45) is 0 Å². The van der Waals surface area contributed by atoms with Crippen LogP contribution < -0.4 is 29.6 Å². The van der Waals surface area contributed by atoms with Crippen LogP contribution in [0.25, 0.3) is 0 Å². The quantitative estimate of drug-likeness (QED) is 0.134. The van der Waals surface area contributed by atoms with Crippen LogP contribution in [-0.2, 0) is 20.0 Å². The number of hydrogen-bond acceptors (Lipinski definition) is 5. The van der Waals surface area contributed by atoms with Gasteiger partial charge in [-0.1, -0.05) is 58.3 Å². The molecular weight excluding hydrogens is 319 g/mol. The van der Waals surface area contributed by atoms with Crippen LogP contribution in [0.3, 0.4) is 0 Å². The summed E-state index contributed by atoms with van der Waals surface area (Å²) in [4.78, 5) is 21.1. The number of hydrogen-bond donors (Lipinski definition) is 1. The molecule has 0 amide bonds. The summed E-state index contributed by atoms with van der Waals surface area (Å²) in [5, 5.41) is 0. The van der Waals surface area contributed by atoms with Crippen LogP contribution in [-0.4, -0.2) is 29.6 Å². The Balaban J connectivity index is -0.000000520. The maximum absolute atomic E-state index is 11.0. The molecule has 0 aliphatic heterocycles. The van der Waals surface area contributed by atoms with E-state index in [4.69, 9.17) is 17.5 Å². The molecule has 0 aliphatic carbocycles. The third-order valence-corrected chi connectivity index (χ3v) is 2.87. The summed E-state index contributed by atoms with van der Waals surface area (Å²) < 4.78 is 32.8. The molecule has 0 aliphatic rings. The molecule has 8 heteroatoms. The van der Waals surface area contributed by atoms with Gasteiger partial charge in [0.1, 0.15) is 12.1 Å². The summed E-state index contributed by atoms with van der Waals surface area (Å²) in [6.45, 7) is 2.23. The molecule has 0 heterocycles. The van der Waals surface area contributed by atoms with Crippen molar-refractivity contribution in [1.82, 2.24) is 0 Å². The van der Waals surface area contributed by atoms with Gasteiger partial charge in [-0.05, 0) is 6.42 Å². The molecule has 1 N–H and O–H groups in total. The molecule has 0 aromatic rings. The molecule has 0 saturated carbocycles. The molecule has 22 heavy (non-hydrogen) atoms. The van der Waals surface area contributed by atoms with Gasteiger partial charge < -0.3 is 9.35 Å². The number of carbonyl (C=O) groups is 2. The van der Waals surface area contributed by atoms with Gasteiger partial charge in [-0.3, -0.25) is 9.35 Å². The van der Waals surface area contributed by atoms with E-state index in [0.717, 1.165) is 12.8 Å². The van der Waals surface area contributed by atoms with Crippen LogP contribution in [0.5, 0.6) is 0 Å². The normalized spacial score (nSPS) is 10.1. The smallest absolute Gasteiger partial charge is 0.726 e. The van der Waals surface area contributed by atoms with Crippen molar-refractivity contribution in [1.29, 1.82) is 0 Å². The van der Waals surface area contributed by atoms with Crippen LogP contribution in [0.15, 0.2) is 0 Å². The maximum atomic E-state index is 11.0. The van der Waals surface area contributed by atoms with E-state index in [1.54, 1.807) is 0 Å². The Labute approximate surface area is 156 Å². The van der Waals surface area contributed by atoms with Gasteiger partial charge in [0.2, 0.25) is 10.4 Å². The number of unbranched alkanes of at least 4 members (excludes halogenated alkanes) is 8. The monoisotopic (exact) mass is 346 g/mol. The number of aldehydes is 1. The van der Waals surface area contributed by atoms with E-state index in [1.807, 2.05) is 0 Å². The van der Waals surface area contributed by atoms with Crippen molar-refractivity contribution in [3.63, 3.8) is 0 Å². The third kappa shape index (κ3) is 36.9. The van der Waals surface area contributed by atoms with Crippen molar-refractivity contribution < 1.29 is 56.7 Å². The second-order valence-corrected chi connectivity index (χ2v) is 5.77. The molecule has 0 fully saturated rings. The van der Waals surface area contributed by atoms with Crippen LogP contribution in [0.4, 0.5) is 0 Å². The molecule has 0 unspecified atom stereocenters. The van der Waals surface area contributed by atoms with Gasteiger partial charge in [0.15, 0.2) is 0 Å². The molecule has 0 bridgehead atoms. The van der Waals surface area contributed by atoms with E-state index < -0.39 is 10.4 Å². The zero-order valence-electron chi connectivity index (χ0n) is 13.8. The first-order chi connectivity index (χ1) is 9.81. The fourth-order valence-corrected chi connectivity index (χ4v) is 1.83. The van der Waals surface area contributed by atoms with Crippen molar-refractivity contribution in [2.45, 2.75) is 77.6 Å². The molecule has 0 aromatic heterocycles. The number of rotatable bonds is 12. The maximum Gasteiger partial charge on any atom is 1.00 e. The average molecular weight is 346 g/mol. The van der Waals surface area contributed by atoms with E-state index in [1.165, 1.54) is 44.9 Å². The minimum Gasteiger partial charge on any atom is -0.726 e. The summed E-state index contributed by atoms with van der Waals surface area (Å²) >= 11 is 0. The van der Waals surface area contributed by atoms with Gasteiger partial charge in [0, 0.05) is 6.42 Å². The van der Waals surface area contributed by atoms with Crippen molar-refractivity contribution in [2.75, 3.05) is 0 Å². The molecule has 0 atom stereocenters. The molecule has 0 spiro atoms. The van der Waals surface area contributed by atoms with E-state index in [0.29, 0.717) is 12.7 Å². The summed E-state index contributed by atoms with van der Waals surface area (Å²) in [6, 6.07) is 0. The molecule has 0 aromatic carbocycles. The van der Waals surface area contributed by atoms with Gasteiger partial charge in [-0.15, -0.1) is 0 Å². The molecule has 6 nitrogen and oxygen atoms in total. The summed E-state index contributed by atoms with van der Waals surface area (Å²) in [7, 11) is -4.92. The van der Waals surface area contributed by atoms with E-state index in [-0.39, 0.29) is 41.8 Å². The fourth-order valence-electron chi connectivity index (χ4n) is 1.83. The summed E-state index contributed by atoms with van der Waals surface area (Å²) in [5.74, 6) is 0.0953. The van der Waals surface area contributed by atoms with Crippen molar-refractivity contribution in [3.05, 3.63) is 0 Å². The Kier molecular flexibility index (Phi) is 23.7. The topological polar surface area (TPSA) is 112 Å². The van der Waals surface area contributed by atoms with Crippen LogP contribution in [0, 0.1) is 0 Å². The second-order valence-electron chi connectivity index (χ2n) is 4.92. The Morgan fingerprint density at radius 1 is 1.00 bits per heavy atom. The summed E-state index contributed by atoms with van der Waals surface area (Å²) in [6.07, 6.45) is 12.8. The average Bonchev–Trinajstić information content (AvgIpc) is 2.35. The van der Waals surface area contributed by atoms with Gasteiger partial charge in [0.05, 0.1) is 6.42 Å². The van der Waals surface area contributed by atoms with Gasteiger partial charge in [-0.25, -0.2) is 8.42 Å². The minimum absolute atomic E-state index is 0. The van der Waals surface area contributed by atoms with Crippen LogP contribution in [0.2, 0.25) is 0 Å². The molecular formula is C14H27NaO6S. The Morgan fingerprint density at radius 3 is 1.73 bits per heavy atom. The van der Waals surface area contributed by atoms with E-state index in [9.17, 15) is 9.59 Å². The molecule has 0 saturated heterocycles. The van der Waals surface area contributed by atoms with E-state index >= 15 is 0 Å². The predicted molar refractivity (Wildman–Crippen MR) is 79.9 cm³/mol. The van der Waals surface area contributed by atoms with Crippen LogP contribution >= 0.6 is 0 Å². The Bertz CT molecular complexity index is 348.